The molecule has 0 saturated heterocycles. The molecule has 0 radical (unpaired) electrons. The quantitative estimate of drug-likeness (QED) is 0.814. The molecule has 2 rings (SSSR count). The van der Waals surface area contributed by atoms with Gasteiger partial charge in [0.05, 0.1) is 0 Å². The molecule has 0 aliphatic rings. The van der Waals surface area contributed by atoms with E-state index in [1.54, 1.807) is 24.3 Å². The molecule has 0 spiro atoms. The van der Waals surface area contributed by atoms with Gasteiger partial charge < -0.3 is 11.5 Å². The average Bonchev–Trinajstić information content (AvgIpc) is 2.47. The second kappa shape index (κ2) is 5.53. The van der Waals surface area contributed by atoms with Gasteiger partial charge in [-0.05, 0) is 24.3 Å². The fourth-order valence-electron chi connectivity index (χ4n) is 2.27. The van der Waals surface area contributed by atoms with E-state index in [1.807, 2.05) is 24.3 Å². The number of amides is 2. The van der Waals surface area contributed by atoms with E-state index in [1.165, 1.54) is 10.4 Å². The van der Waals surface area contributed by atoms with Gasteiger partial charge in [0.1, 0.15) is 8.07 Å². The Morgan fingerprint density at radius 3 is 1.24 bits per heavy atom. The Balaban J connectivity index is 2.36. The molecule has 2 aromatic carbocycles. The smallest absolute Gasteiger partial charge is 0.248 e. The topological polar surface area (TPSA) is 86.2 Å². The minimum absolute atomic E-state index is 0.424. The van der Waals surface area contributed by atoms with Crippen molar-refractivity contribution < 1.29 is 9.59 Å². The first-order chi connectivity index (χ1) is 9.82. The van der Waals surface area contributed by atoms with Crippen molar-refractivity contribution in [2.75, 3.05) is 0 Å². The van der Waals surface area contributed by atoms with Gasteiger partial charge in [-0.25, -0.2) is 0 Å². The van der Waals surface area contributed by atoms with Crippen molar-refractivity contribution in [1.82, 2.24) is 0 Å². The zero-order chi connectivity index (χ0) is 15.6. The second-order valence-corrected chi connectivity index (χ2v) is 9.91. The molecule has 0 atom stereocenters. The van der Waals surface area contributed by atoms with Gasteiger partial charge in [-0.15, -0.1) is 0 Å². The minimum Gasteiger partial charge on any atom is -0.366 e. The third kappa shape index (κ3) is 3.03. The SMILES string of the molecule is C[Si](C)(c1ccc(C(N)=O)cc1)c1ccc(C(N)=O)cc1. The molecule has 2 aromatic rings. The summed E-state index contributed by atoms with van der Waals surface area (Å²) in [7, 11) is -1.88. The Bertz CT molecular complexity index is 617. The lowest BCUT2D eigenvalue weighted by atomic mass is 10.2. The van der Waals surface area contributed by atoms with Crippen molar-refractivity contribution in [3.05, 3.63) is 59.7 Å². The lowest BCUT2D eigenvalue weighted by Gasteiger charge is -2.24. The Morgan fingerprint density at radius 2 is 1.00 bits per heavy atom. The number of nitrogens with two attached hydrogens (primary N) is 2. The van der Waals surface area contributed by atoms with Crippen molar-refractivity contribution in [3.8, 4) is 0 Å². The van der Waals surface area contributed by atoms with E-state index in [2.05, 4.69) is 13.1 Å². The molecule has 0 aliphatic heterocycles. The van der Waals surface area contributed by atoms with Crippen LogP contribution in [-0.2, 0) is 0 Å². The molecule has 4 N–H and O–H groups in total. The van der Waals surface area contributed by atoms with Crippen molar-refractivity contribution in [2.45, 2.75) is 13.1 Å². The summed E-state index contributed by atoms with van der Waals surface area (Å²) < 4.78 is 0. The number of hydrogen-bond donors (Lipinski definition) is 2. The van der Waals surface area contributed by atoms with Crippen LogP contribution >= 0.6 is 0 Å². The van der Waals surface area contributed by atoms with Gasteiger partial charge in [0, 0.05) is 11.1 Å². The highest BCUT2D eigenvalue weighted by atomic mass is 28.3. The summed E-state index contributed by atoms with van der Waals surface area (Å²) in [6, 6.07) is 14.8. The summed E-state index contributed by atoms with van der Waals surface area (Å²) in [4.78, 5) is 22.2. The van der Waals surface area contributed by atoms with Crippen LogP contribution in [0.2, 0.25) is 13.1 Å². The second-order valence-electron chi connectivity index (χ2n) is 5.51. The number of carbonyl (C=O) groups is 2. The Labute approximate surface area is 124 Å². The highest BCUT2D eigenvalue weighted by Crippen LogP contribution is 2.07. The summed E-state index contributed by atoms with van der Waals surface area (Å²) in [5.41, 5.74) is 11.5. The van der Waals surface area contributed by atoms with Crippen molar-refractivity contribution in [1.29, 1.82) is 0 Å². The molecule has 0 aliphatic carbocycles. The minimum atomic E-state index is -1.88. The fourth-order valence-corrected chi connectivity index (χ4v) is 4.60. The van der Waals surface area contributed by atoms with Crippen LogP contribution in [0.5, 0.6) is 0 Å². The third-order valence-corrected chi connectivity index (χ3v) is 7.34. The maximum atomic E-state index is 11.1. The Morgan fingerprint density at radius 1 is 0.714 bits per heavy atom. The molecule has 21 heavy (non-hydrogen) atoms. The third-order valence-electron chi connectivity index (χ3n) is 3.78. The molecule has 0 fully saturated rings. The molecule has 0 aromatic heterocycles. The van der Waals surface area contributed by atoms with Crippen LogP contribution in [0.3, 0.4) is 0 Å². The van der Waals surface area contributed by atoms with Gasteiger partial charge in [-0.2, -0.15) is 0 Å². The van der Waals surface area contributed by atoms with E-state index >= 15 is 0 Å². The molecular formula is C16H18N2O2Si. The van der Waals surface area contributed by atoms with E-state index in [0.29, 0.717) is 11.1 Å². The monoisotopic (exact) mass is 298 g/mol. The van der Waals surface area contributed by atoms with Gasteiger partial charge in [0.2, 0.25) is 11.8 Å². The molecule has 0 unspecified atom stereocenters. The molecule has 2 amide bonds. The largest absolute Gasteiger partial charge is 0.366 e. The van der Waals surface area contributed by atoms with Gasteiger partial charge in [0.25, 0.3) is 0 Å². The zero-order valence-corrected chi connectivity index (χ0v) is 13.1. The van der Waals surface area contributed by atoms with Crippen LogP contribution < -0.4 is 21.8 Å². The predicted octanol–water partition coefficient (Wildman–Crippen LogP) is 0.707. The van der Waals surface area contributed by atoms with E-state index in [9.17, 15) is 9.59 Å². The van der Waals surface area contributed by atoms with Crippen LogP contribution in [0.25, 0.3) is 0 Å². The lowest BCUT2D eigenvalue weighted by Crippen LogP contribution is -2.52. The number of hydrogen-bond acceptors (Lipinski definition) is 2. The maximum Gasteiger partial charge on any atom is 0.248 e. The van der Waals surface area contributed by atoms with Crippen molar-refractivity contribution in [2.24, 2.45) is 11.5 Å². The first kappa shape index (κ1) is 15.0. The Kier molecular flexibility index (Phi) is 3.95. The van der Waals surface area contributed by atoms with Crippen molar-refractivity contribution >= 4 is 30.3 Å². The normalized spacial score (nSPS) is 11.1. The molecule has 0 bridgehead atoms. The summed E-state index contributed by atoms with van der Waals surface area (Å²) >= 11 is 0. The lowest BCUT2D eigenvalue weighted by molar-refractivity contribution is 0.0992. The summed E-state index contributed by atoms with van der Waals surface area (Å²) in [6.45, 7) is 4.43. The molecule has 0 heterocycles. The number of rotatable bonds is 4. The summed E-state index contributed by atoms with van der Waals surface area (Å²) in [5, 5.41) is 2.39. The molecule has 108 valence electrons. The van der Waals surface area contributed by atoms with Gasteiger partial charge >= 0.3 is 0 Å². The fraction of sp³-hybridized carbons (Fsp3) is 0.125. The van der Waals surface area contributed by atoms with Crippen LogP contribution in [0.15, 0.2) is 48.5 Å². The molecule has 0 saturated carbocycles. The first-order valence-corrected chi connectivity index (χ1v) is 9.63. The molecular weight excluding hydrogens is 280 g/mol. The van der Waals surface area contributed by atoms with E-state index < -0.39 is 19.9 Å². The average molecular weight is 298 g/mol. The standard InChI is InChI=1S/C16H18N2O2Si/c1-21(2,13-7-3-11(4-8-13)15(17)19)14-9-5-12(6-10-14)16(18)20/h3-10H,1-2H3,(H2,17,19)(H2,18,20). The van der Waals surface area contributed by atoms with Gasteiger partial charge in [-0.3, -0.25) is 9.59 Å². The molecule has 4 nitrogen and oxygen atoms in total. The maximum absolute atomic E-state index is 11.1. The molecule has 5 heteroatoms. The summed E-state index contributed by atoms with van der Waals surface area (Å²) in [6.07, 6.45) is 0. The van der Waals surface area contributed by atoms with E-state index in [-0.39, 0.29) is 0 Å². The Hall–Kier alpha value is -2.40. The van der Waals surface area contributed by atoms with Crippen LogP contribution in [-0.4, -0.2) is 19.9 Å². The van der Waals surface area contributed by atoms with Crippen molar-refractivity contribution in [3.63, 3.8) is 0 Å². The number of carbonyl (C=O) groups excluding carboxylic acids is 2. The number of primary amides is 2. The zero-order valence-electron chi connectivity index (χ0n) is 12.1. The highest BCUT2D eigenvalue weighted by Gasteiger charge is 2.26. The van der Waals surface area contributed by atoms with E-state index in [4.69, 9.17) is 11.5 Å². The van der Waals surface area contributed by atoms with Crippen LogP contribution in [0, 0.1) is 0 Å². The van der Waals surface area contributed by atoms with Gasteiger partial charge in [0.15, 0.2) is 0 Å². The first-order valence-electron chi connectivity index (χ1n) is 6.63. The van der Waals surface area contributed by atoms with Gasteiger partial charge in [-0.1, -0.05) is 47.7 Å². The van der Waals surface area contributed by atoms with Crippen LogP contribution in [0.4, 0.5) is 0 Å². The van der Waals surface area contributed by atoms with Crippen LogP contribution in [0.1, 0.15) is 20.7 Å². The summed E-state index contributed by atoms with van der Waals surface area (Å²) in [5.74, 6) is -0.848. The highest BCUT2D eigenvalue weighted by molar-refractivity contribution is 7.00. The number of benzene rings is 2. The predicted molar refractivity (Wildman–Crippen MR) is 86.7 cm³/mol. The van der Waals surface area contributed by atoms with E-state index in [0.717, 1.165) is 0 Å².